The smallest absolute Gasteiger partial charge is 0.321 e. The lowest BCUT2D eigenvalue weighted by atomic mass is 9.86. The van der Waals surface area contributed by atoms with Gasteiger partial charge in [-0.15, -0.1) is 11.8 Å². The van der Waals surface area contributed by atoms with Crippen molar-refractivity contribution in [1.29, 1.82) is 0 Å². The fraction of sp³-hybridized carbons (Fsp3) is 0.786. The van der Waals surface area contributed by atoms with Gasteiger partial charge in [0, 0.05) is 9.49 Å². The number of nitrogens with zero attached hydrogens (tertiary/aromatic N) is 1. The molecule has 1 fully saturated rings. The van der Waals surface area contributed by atoms with Crippen molar-refractivity contribution in [2.45, 2.75) is 68.7 Å². The molecule has 0 aromatic rings. The third kappa shape index (κ3) is 3.55. The van der Waals surface area contributed by atoms with E-state index >= 15 is 0 Å². The molecule has 0 saturated carbocycles. The van der Waals surface area contributed by atoms with E-state index in [2.05, 4.69) is 0 Å². The van der Waals surface area contributed by atoms with Crippen LogP contribution < -0.4 is 11.5 Å². The molecule has 5 N–H and O–H groups in total. The summed E-state index contributed by atoms with van der Waals surface area (Å²) in [5, 5.41) is 8.88. The van der Waals surface area contributed by atoms with Gasteiger partial charge in [0.05, 0.1) is 12.5 Å². The largest absolute Gasteiger partial charge is 0.480 e. The summed E-state index contributed by atoms with van der Waals surface area (Å²) in [7, 11) is 0. The van der Waals surface area contributed by atoms with E-state index in [0.717, 1.165) is 0 Å². The second-order valence-corrected chi connectivity index (χ2v) is 9.05. The predicted molar refractivity (Wildman–Crippen MR) is 85.3 cm³/mol. The zero-order valence-corrected chi connectivity index (χ0v) is 14.4. The van der Waals surface area contributed by atoms with Crippen LogP contribution in [0, 0.1) is 0 Å². The molecule has 0 radical (unpaired) electrons. The summed E-state index contributed by atoms with van der Waals surface area (Å²) in [6.45, 7) is 9.50. The monoisotopic (exact) mass is 331 g/mol. The molecule has 0 aliphatic carbocycles. The first-order valence-corrected chi connectivity index (χ1v) is 7.92. The Hall–Kier alpha value is -1.28. The van der Waals surface area contributed by atoms with E-state index in [4.69, 9.17) is 16.6 Å². The van der Waals surface area contributed by atoms with E-state index in [-0.39, 0.29) is 22.0 Å². The molecule has 8 heteroatoms. The summed E-state index contributed by atoms with van der Waals surface area (Å²) in [6, 6.07) is -2.35. The van der Waals surface area contributed by atoms with Gasteiger partial charge in [-0.1, -0.05) is 0 Å². The minimum atomic E-state index is -1.30. The highest BCUT2D eigenvalue weighted by Gasteiger charge is 2.59. The predicted octanol–water partition coefficient (Wildman–Crippen LogP) is 0.163. The van der Waals surface area contributed by atoms with Crippen molar-refractivity contribution in [3.8, 4) is 0 Å². The number of carboxylic acids is 1. The number of hydrogen-bond acceptors (Lipinski definition) is 5. The Balaban J connectivity index is 3.12. The van der Waals surface area contributed by atoms with Crippen molar-refractivity contribution >= 4 is 29.5 Å². The molecular formula is C14H25N3O4S. The molecule has 1 aliphatic rings. The van der Waals surface area contributed by atoms with Gasteiger partial charge in [0.1, 0.15) is 12.1 Å². The first-order valence-electron chi connectivity index (χ1n) is 7.10. The van der Waals surface area contributed by atoms with Gasteiger partial charge in [-0.2, -0.15) is 0 Å². The molecule has 7 nitrogen and oxygen atoms in total. The van der Waals surface area contributed by atoms with E-state index < -0.39 is 29.9 Å². The van der Waals surface area contributed by atoms with Crippen LogP contribution in [0.25, 0.3) is 0 Å². The summed E-state index contributed by atoms with van der Waals surface area (Å²) in [6.07, 6.45) is -0.361. The number of carboxylic acid groups (broad SMARTS) is 1. The molecule has 1 aliphatic heterocycles. The summed E-state index contributed by atoms with van der Waals surface area (Å²) >= 11 is 1.70. The maximum absolute atomic E-state index is 12.6. The molecule has 0 aromatic carbocycles. The van der Waals surface area contributed by atoms with Gasteiger partial charge in [0.15, 0.2) is 0 Å². The topological polar surface area (TPSA) is 127 Å². The minimum absolute atomic E-state index is 0.235. The average Bonchev–Trinajstić information content (AvgIpc) is 2.32. The van der Waals surface area contributed by atoms with Crippen LogP contribution in [0.3, 0.4) is 0 Å². The van der Waals surface area contributed by atoms with E-state index in [0.29, 0.717) is 0 Å². The number of amides is 2. The fourth-order valence-corrected chi connectivity index (χ4v) is 5.55. The van der Waals surface area contributed by atoms with Gasteiger partial charge in [-0.05, 0) is 34.6 Å². The Bertz CT molecular complexity index is 478. The molecule has 1 saturated heterocycles. The van der Waals surface area contributed by atoms with E-state index in [1.165, 1.54) is 4.90 Å². The Morgan fingerprint density at radius 1 is 1.23 bits per heavy atom. The minimum Gasteiger partial charge on any atom is -0.480 e. The van der Waals surface area contributed by atoms with Crippen LogP contribution in [0.5, 0.6) is 0 Å². The second kappa shape index (κ2) is 6.08. The van der Waals surface area contributed by atoms with Crippen LogP contribution in [0.1, 0.15) is 41.0 Å². The Kier molecular flexibility index (Phi) is 5.18. The van der Waals surface area contributed by atoms with Gasteiger partial charge in [-0.3, -0.25) is 14.4 Å². The molecule has 0 aromatic heterocycles. The molecule has 0 bridgehead atoms. The lowest BCUT2D eigenvalue weighted by molar-refractivity contribution is -0.147. The highest BCUT2D eigenvalue weighted by molar-refractivity contribution is 8.03. The Labute approximate surface area is 134 Å². The van der Waals surface area contributed by atoms with Crippen molar-refractivity contribution < 1.29 is 19.5 Å². The van der Waals surface area contributed by atoms with Crippen LogP contribution in [0.4, 0.5) is 0 Å². The fourth-order valence-electron chi connectivity index (χ4n) is 3.34. The maximum Gasteiger partial charge on any atom is 0.321 e. The zero-order chi connectivity index (χ0) is 17.5. The molecule has 2 amide bonds. The number of aliphatic carboxylic acids is 1. The second-order valence-electron chi connectivity index (χ2n) is 6.74. The third-order valence-corrected chi connectivity index (χ3v) is 5.45. The van der Waals surface area contributed by atoms with Crippen LogP contribution in [-0.2, 0) is 14.4 Å². The Morgan fingerprint density at radius 3 is 2.00 bits per heavy atom. The summed E-state index contributed by atoms with van der Waals surface area (Å²) < 4.78 is -0.508. The molecule has 0 spiro atoms. The molecule has 126 valence electrons. The van der Waals surface area contributed by atoms with Crippen LogP contribution >= 0.6 is 11.8 Å². The van der Waals surface area contributed by atoms with Crippen molar-refractivity contribution in [3.05, 3.63) is 0 Å². The quantitative estimate of drug-likeness (QED) is 0.636. The normalized spacial score (nSPS) is 22.3. The van der Waals surface area contributed by atoms with Gasteiger partial charge >= 0.3 is 5.97 Å². The number of carbonyl (C=O) groups is 3. The standard InChI is InChI=1S/C14H25N3O4S/c1-7(10(16)19)17(9(18)6-8(15)11(20)21)12-13(2,3)22-14(12,4)5/h7-8,12H,6,15H2,1-5H3,(H2,16,19)(H,20,21)/t7-,8+/m1/s1. The SMILES string of the molecule is C[C@H](C(N)=O)N(C(=O)C[C@H](N)C(=O)O)C1C(C)(C)SC1(C)C. The molecule has 1 rings (SSSR count). The summed E-state index contributed by atoms with van der Waals surface area (Å²) in [4.78, 5) is 36.5. The van der Waals surface area contributed by atoms with Crippen LogP contribution in [0.15, 0.2) is 0 Å². The van der Waals surface area contributed by atoms with Crippen LogP contribution in [-0.4, -0.2) is 55.4 Å². The number of thioether (sulfide) groups is 1. The van der Waals surface area contributed by atoms with Crippen LogP contribution in [0.2, 0.25) is 0 Å². The number of nitrogens with two attached hydrogens (primary N) is 2. The van der Waals surface area contributed by atoms with Gasteiger partial charge in [0.2, 0.25) is 11.8 Å². The number of primary amides is 1. The summed E-state index contributed by atoms with van der Waals surface area (Å²) in [5.41, 5.74) is 10.8. The van der Waals surface area contributed by atoms with Gasteiger partial charge < -0.3 is 21.5 Å². The van der Waals surface area contributed by atoms with Crippen molar-refractivity contribution in [1.82, 2.24) is 4.90 Å². The molecule has 0 unspecified atom stereocenters. The molecule has 22 heavy (non-hydrogen) atoms. The Morgan fingerprint density at radius 2 is 1.68 bits per heavy atom. The number of rotatable bonds is 6. The van der Waals surface area contributed by atoms with Crippen molar-refractivity contribution in [3.63, 3.8) is 0 Å². The van der Waals surface area contributed by atoms with E-state index in [1.807, 2.05) is 27.7 Å². The highest BCUT2D eigenvalue weighted by atomic mass is 32.2. The molecular weight excluding hydrogens is 306 g/mol. The summed E-state index contributed by atoms with van der Waals surface area (Å²) in [5.74, 6) is -2.34. The molecule has 1 heterocycles. The lowest BCUT2D eigenvalue weighted by Gasteiger charge is -2.61. The van der Waals surface area contributed by atoms with Crippen molar-refractivity contribution in [2.24, 2.45) is 11.5 Å². The zero-order valence-electron chi connectivity index (χ0n) is 13.6. The first kappa shape index (κ1) is 18.8. The third-order valence-electron chi connectivity index (χ3n) is 3.95. The molecule has 2 atom stereocenters. The van der Waals surface area contributed by atoms with Crippen molar-refractivity contribution in [2.75, 3.05) is 0 Å². The maximum atomic E-state index is 12.6. The van der Waals surface area contributed by atoms with E-state index in [1.54, 1.807) is 18.7 Å². The van der Waals surface area contributed by atoms with E-state index in [9.17, 15) is 14.4 Å². The first-order chi connectivity index (χ1) is 9.81. The number of carbonyl (C=O) groups excluding carboxylic acids is 2. The van der Waals surface area contributed by atoms with Gasteiger partial charge in [0.25, 0.3) is 0 Å². The van der Waals surface area contributed by atoms with Gasteiger partial charge in [-0.25, -0.2) is 0 Å². The lowest BCUT2D eigenvalue weighted by Crippen LogP contribution is -2.71. The highest BCUT2D eigenvalue weighted by Crippen LogP contribution is 2.57. The average molecular weight is 331 g/mol. The number of hydrogen-bond donors (Lipinski definition) is 3.